The number of aromatic nitrogens is 2. The van der Waals surface area contributed by atoms with Gasteiger partial charge in [-0.2, -0.15) is 5.10 Å². The maximum absolute atomic E-state index is 12.5. The van der Waals surface area contributed by atoms with E-state index in [-0.39, 0.29) is 18.0 Å². The van der Waals surface area contributed by atoms with E-state index >= 15 is 0 Å². The summed E-state index contributed by atoms with van der Waals surface area (Å²) in [5.41, 5.74) is 2.09. The van der Waals surface area contributed by atoms with Gasteiger partial charge in [0.05, 0.1) is 27.0 Å². The average molecular weight is 387 g/mol. The first kappa shape index (κ1) is 19.7. The summed E-state index contributed by atoms with van der Waals surface area (Å²) in [7, 11) is 4.51. The van der Waals surface area contributed by atoms with Crippen LogP contribution < -0.4 is 25.1 Å². The van der Waals surface area contributed by atoms with Crippen molar-refractivity contribution in [1.29, 1.82) is 0 Å². The Labute approximate surface area is 163 Å². The lowest BCUT2D eigenvalue weighted by Gasteiger charge is -2.20. The molecule has 1 aliphatic carbocycles. The second-order valence-corrected chi connectivity index (χ2v) is 6.92. The van der Waals surface area contributed by atoms with Gasteiger partial charge in [-0.3, -0.25) is 9.59 Å². The fourth-order valence-corrected chi connectivity index (χ4v) is 3.42. The fraction of sp³-hybridized carbons (Fsp3) is 0.450. The van der Waals surface area contributed by atoms with Crippen LogP contribution >= 0.6 is 0 Å². The highest BCUT2D eigenvalue weighted by molar-refractivity contribution is 5.91. The van der Waals surface area contributed by atoms with Crippen molar-refractivity contribution >= 4 is 11.6 Å². The lowest BCUT2D eigenvalue weighted by Crippen LogP contribution is -2.32. The van der Waals surface area contributed by atoms with Gasteiger partial charge in [-0.15, -0.1) is 0 Å². The van der Waals surface area contributed by atoms with Gasteiger partial charge in [-0.05, 0) is 30.7 Å². The first-order valence-electron chi connectivity index (χ1n) is 9.15. The highest BCUT2D eigenvalue weighted by Gasteiger charge is 2.19. The Morgan fingerprint density at radius 3 is 2.46 bits per heavy atom. The predicted molar refractivity (Wildman–Crippen MR) is 104 cm³/mol. The summed E-state index contributed by atoms with van der Waals surface area (Å²) in [4.78, 5) is 24.8. The molecule has 150 valence electrons. The minimum absolute atomic E-state index is 0.168. The topological polar surface area (TPSA) is 91.7 Å². The number of fused-ring (bicyclic) bond motifs is 1. The van der Waals surface area contributed by atoms with Crippen LogP contribution in [0.3, 0.4) is 0 Å². The van der Waals surface area contributed by atoms with Crippen molar-refractivity contribution in [3.63, 3.8) is 0 Å². The summed E-state index contributed by atoms with van der Waals surface area (Å²) < 4.78 is 17.1. The zero-order chi connectivity index (χ0) is 20.3. The quantitative estimate of drug-likeness (QED) is 0.816. The van der Waals surface area contributed by atoms with Crippen LogP contribution in [0.5, 0.6) is 17.2 Å². The Bertz CT molecular complexity index is 913. The molecule has 0 saturated carbocycles. The van der Waals surface area contributed by atoms with Crippen molar-refractivity contribution in [2.24, 2.45) is 5.92 Å². The van der Waals surface area contributed by atoms with E-state index in [0.29, 0.717) is 28.9 Å². The van der Waals surface area contributed by atoms with Gasteiger partial charge in [-0.25, -0.2) is 4.68 Å². The Hall–Kier alpha value is -3.03. The molecule has 1 atom stereocenters. The van der Waals surface area contributed by atoms with Crippen LogP contribution in [0.2, 0.25) is 0 Å². The van der Waals surface area contributed by atoms with Crippen molar-refractivity contribution in [3.8, 4) is 17.2 Å². The second kappa shape index (κ2) is 8.33. The first-order valence-corrected chi connectivity index (χ1v) is 9.15. The number of anilines is 1. The van der Waals surface area contributed by atoms with Crippen LogP contribution in [0.15, 0.2) is 23.0 Å². The molecule has 1 N–H and O–H groups in total. The van der Waals surface area contributed by atoms with Crippen LogP contribution in [0.25, 0.3) is 0 Å². The summed E-state index contributed by atoms with van der Waals surface area (Å²) in [6, 6.07) is 4.86. The molecule has 0 fully saturated rings. The molecule has 1 aromatic heterocycles. The number of benzene rings is 1. The van der Waals surface area contributed by atoms with Crippen LogP contribution in [0.4, 0.5) is 5.69 Å². The van der Waals surface area contributed by atoms with E-state index in [1.807, 2.05) is 0 Å². The molecule has 1 amide bonds. The van der Waals surface area contributed by atoms with Gasteiger partial charge in [0.25, 0.3) is 5.56 Å². The van der Waals surface area contributed by atoms with Crippen molar-refractivity contribution in [2.45, 2.75) is 32.7 Å². The molecule has 0 bridgehead atoms. The number of carbonyl (C=O) groups excluding carboxylic acids is 1. The number of hydrogen-bond acceptors (Lipinski definition) is 6. The third-order valence-electron chi connectivity index (χ3n) is 4.85. The number of amides is 1. The Kier molecular flexibility index (Phi) is 5.87. The standard InChI is InChI=1S/C20H25N3O5/c1-12-5-6-15-13(7-12)8-19(25)23(22-15)11-18(24)21-14-9-16(26-2)20(28-4)17(10-14)27-3/h8-10,12H,5-7,11H2,1-4H3,(H,21,24). The molecule has 3 rings (SSSR count). The summed E-state index contributed by atoms with van der Waals surface area (Å²) >= 11 is 0. The maximum atomic E-state index is 12.5. The Morgan fingerprint density at radius 1 is 1.18 bits per heavy atom. The predicted octanol–water partition coefficient (Wildman–Crippen LogP) is 2.03. The van der Waals surface area contributed by atoms with Gasteiger partial charge < -0.3 is 19.5 Å². The van der Waals surface area contributed by atoms with Gasteiger partial charge in [0.2, 0.25) is 11.7 Å². The highest BCUT2D eigenvalue weighted by Crippen LogP contribution is 2.39. The van der Waals surface area contributed by atoms with Crippen LogP contribution in [-0.4, -0.2) is 37.0 Å². The van der Waals surface area contributed by atoms with Gasteiger partial charge in [-0.1, -0.05) is 6.92 Å². The third kappa shape index (κ3) is 4.11. The molecule has 0 spiro atoms. The largest absolute Gasteiger partial charge is 0.493 e. The number of nitrogens with one attached hydrogen (secondary N) is 1. The molecule has 1 heterocycles. The van der Waals surface area contributed by atoms with Gasteiger partial charge >= 0.3 is 0 Å². The lowest BCUT2D eigenvalue weighted by atomic mass is 9.88. The summed E-state index contributed by atoms with van der Waals surface area (Å²) in [5, 5.41) is 7.15. The molecule has 8 nitrogen and oxygen atoms in total. The lowest BCUT2D eigenvalue weighted by molar-refractivity contribution is -0.117. The maximum Gasteiger partial charge on any atom is 0.267 e. The number of aryl methyl sites for hydroxylation is 1. The van der Waals surface area contributed by atoms with E-state index in [1.54, 1.807) is 18.2 Å². The highest BCUT2D eigenvalue weighted by atomic mass is 16.5. The number of rotatable bonds is 6. The van der Waals surface area contributed by atoms with E-state index in [0.717, 1.165) is 30.5 Å². The Balaban J connectivity index is 1.79. The van der Waals surface area contributed by atoms with E-state index in [2.05, 4.69) is 17.3 Å². The molecule has 1 aliphatic rings. The number of carbonyl (C=O) groups is 1. The number of ether oxygens (including phenoxy) is 3. The molecular formula is C20H25N3O5. The smallest absolute Gasteiger partial charge is 0.267 e. The van der Waals surface area contributed by atoms with E-state index < -0.39 is 0 Å². The van der Waals surface area contributed by atoms with E-state index in [9.17, 15) is 9.59 Å². The monoisotopic (exact) mass is 387 g/mol. The number of nitrogens with zero attached hydrogens (tertiary/aromatic N) is 2. The molecular weight excluding hydrogens is 362 g/mol. The molecule has 1 aromatic carbocycles. The minimum Gasteiger partial charge on any atom is -0.493 e. The summed E-state index contributed by atoms with van der Waals surface area (Å²) in [6.45, 7) is 2.00. The average Bonchev–Trinajstić information content (AvgIpc) is 2.67. The zero-order valence-corrected chi connectivity index (χ0v) is 16.6. The zero-order valence-electron chi connectivity index (χ0n) is 16.6. The summed E-state index contributed by atoms with van der Waals surface area (Å²) in [6.07, 6.45) is 2.72. The molecule has 28 heavy (non-hydrogen) atoms. The number of methoxy groups -OCH3 is 3. The van der Waals surface area contributed by atoms with Gasteiger partial charge in [0.15, 0.2) is 11.5 Å². The molecule has 8 heteroatoms. The van der Waals surface area contributed by atoms with Crippen LogP contribution in [0.1, 0.15) is 24.6 Å². The SMILES string of the molecule is COc1cc(NC(=O)Cn2nc3c(cc2=O)CC(C)CC3)cc(OC)c1OC. The van der Waals surface area contributed by atoms with Crippen LogP contribution in [-0.2, 0) is 24.2 Å². The van der Waals surface area contributed by atoms with Crippen molar-refractivity contribution in [2.75, 3.05) is 26.6 Å². The van der Waals surface area contributed by atoms with E-state index in [1.165, 1.54) is 26.0 Å². The minimum atomic E-state index is -0.368. The fourth-order valence-electron chi connectivity index (χ4n) is 3.42. The third-order valence-corrected chi connectivity index (χ3v) is 4.85. The van der Waals surface area contributed by atoms with Crippen molar-refractivity contribution in [3.05, 3.63) is 39.8 Å². The van der Waals surface area contributed by atoms with Crippen molar-refractivity contribution in [1.82, 2.24) is 9.78 Å². The van der Waals surface area contributed by atoms with Crippen LogP contribution in [0, 0.1) is 5.92 Å². The normalized spacial score (nSPS) is 15.5. The van der Waals surface area contributed by atoms with Crippen molar-refractivity contribution < 1.29 is 19.0 Å². The molecule has 2 aromatic rings. The van der Waals surface area contributed by atoms with E-state index in [4.69, 9.17) is 14.2 Å². The van der Waals surface area contributed by atoms with Gasteiger partial charge in [0.1, 0.15) is 6.54 Å². The molecule has 0 radical (unpaired) electrons. The van der Waals surface area contributed by atoms with Gasteiger partial charge in [0, 0.05) is 23.9 Å². The first-order chi connectivity index (χ1) is 13.4. The molecule has 1 unspecified atom stereocenters. The second-order valence-electron chi connectivity index (χ2n) is 6.92. The Morgan fingerprint density at radius 2 is 1.86 bits per heavy atom. The molecule has 0 saturated heterocycles. The summed E-state index contributed by atoms with van der Waals surface area (Å²) in [5.74, 6) is 1.47. The number of hydrogen-bond donors (Lipinski definition) is 1. The molecule has 0 aliphatic heterocycles.